The van der Waals surface area contributed by atoms with Crippen LogP contribution in [0.4, 0.5) is 0 Å². The minimum atomic E-state index is -0.359. The van der Waals surface area contributed by atoms with Crippen molar-refractivity contribution >= 4 is 5.97 Å². The molecule has 82 valence electrons. The van der Waals surface area contributed by atoms with Crippen LogP contribution in [0.2, 0.25) is 0 Å². The molecule has 5 nitrogen and oxygen atoms in total. The van der Waals surface area contributed by atoms with Crippen LogP contribution in [0, 0.1) is 6.92 Å². The number of carbonyl (C=O) groups excluding carboxylic acids is 1. The van der Waals surface area contributed by atoms with E-state index in [-0.39, 0.29) is 5.97 Å². The van der Waals surface area contributed by atoms with Gasteiger partial charge in [-0.3, -0.25) is 0 Å². The molecule has 0 saturated carbocycles. The summed E-state index contributed by atoms with van der Waals surface area (Å²) in [6, 6.07) is 0.333. The quantitative estimate of drug-likeness (QED) is 0.690. The fourth-order valence-corrected chi connectivity index (χ4v) is 2.09. The van der Waals surface area contributed by atoms with Crippen molar-refractivity contribution in [2.45, 2.75) is 26.4 Å². The summed E-state index contributed by atoms with van der Waals surface area (Å²) in [6.45, 7) is 5.60. The van der Waals surface area contributed by atoms with Crippen molar-refractivity contribution in [1.29, 1.82) is 0 Å². The van der Waals surface area contributed by atoms with Gasteiger partial charge in [-0.15, -0.1) is 0 Å². The van der Waals surface area contributed by atoms with Crippen LogP contribution in [0.15, 0.2) is 0 Å². The van der Waals surface area contributed by atoms with E-state index in [0.717, 1.165) is 18.1 Å². The number of methoxy groups -OCH3 is 1. The van der Waals surface area contributed by atoms with Gasteiger partial charge in [-0.1, -0.05) is 0 Å². The molecule has 1 aliphatic heterocycles. The molecule has 1 aliphatic rings. The summed E-state index contributed by atoms with van der Waals surface area (Å²) in [4.78, 5) is 15.7. The third kappa shape index (κ3) is 1.52. The smallest absolute Gasteiger partial charge is 0.358 e. The van der Waals surface area contributed by atoms with E-state index >= 15 is 0 Å². The van der Waals surface area contributed by atoms with Gasteiger partial charge in [0.05, 0.1) is 12.8 Å². The van der Waals surface area contributed by atoms with Crippen molar-refractivity contribution in [3.8, 4) is 0 Å². The van der Waals surface area contributed by atoms with E-state index in [4.69, 9.17) is 4.74 Å². The maximum Gasteiger partial charge on any atom is 0.358 e. The minimum Gasteiger partial charge on any atom is -0.464 e. The molecule has 5 heteroatoms. The molecule has 2 rings (SSSR count). The Balaban J connectivity index is 2.51. The average Bonchev–Trinajstić information content (AvgIpc) is 2.56. The Morgan fingerprint density at radius 2 is 2.40 bits per heavy atom. The summed E-state index contributed by atoms with van der Waals surface area (Å²) in [5, 5.41) is 3.25. The molecule has 0 aliphatic carbocycles. The first-order chi connectivity index (χ1) is 7.15. The van der Waals surface area contributed by atoms with Crippen LogP contribution in [0.1, 0.15) is 35.0 Å². The van der Waals surface area contributed by atoms with Gasteiger partial charge >= 0.3 is 5.97 Å². The van der Waals surface area contributed by atoms with Crippen LogP contribution >= 0.6 is 0 Å². The summed E-state index contributed by atoms with van der Waals surface area (Å²) in [7, 11) is 1.38. The highest BCUT2D eigenvalue weighted by atomic mass is 16.5. The van der Waals surface area contributed by atoms with E-state index in [1.807, 2.05) is 6.92 Å². The van der Waals surface area contributed by atoms with Crippen LogP contribution in [0.25, 0.3) is 0 Å². The predicted molar refractivity (Wildman–Crippen MR) is 54.7 cm³/mol. The van der Waals surface area contributed by atoms with Gasteiger partial charge < -0.3 is 14.6 Å². The van der Waals surface area contributed by atoms with Gasteiger partial charge in [0, 0.05) is 19.1 Å². The first-order valence-electron chi connectivity index (χ1n) is 5.02. The third-order valence-electron chi connectivity index (χ3n) is 2.74. The molecule has 0 amide bonds. The van der Waals surface area contributed by atoms with Crippen molar-refractivity contribution in [3.63, 3.8) is 0 Å². The Morgan fingerprint density at radius 1 is 1.67 bits per heavy atom. The zero-order valence-electron chi connectivity index (χ0n) is 9.20. The molecule has 1 atom stereocenters. The van der Waals surface area contributed by atoms with E-state index in [9.17, 15) is 4.79 Å². The molecule has 0 fully saturated rings. The number of aryl methyl sites for hydroxylation is 1. The van der Waals surface area contributed by atoms with Gasteiger partial charge in [0.1, 0.15) is 5.82 Å². The Hall–Kier alpha value is -1.36. The molecule has 0 saturated heterocycles. The van der Waals surface area contributed by atoms with Crippen LogP contribution in [0.3, 0.4) is 0 Å². The molecule has 0 unspecified atom stereocenters. The fourth-order valence-electron chi connectivity index (χ4n) is 2.09. The lowest BCUT2D eigenvalue weighted by Gasteiger charge is -2.24. The molecule has 0 spiro atoms. The summed E-state index contributed by atoms with van der Waals surface area (Å²) >= 11 is 0. The third-order valence-corrected chi connectivity index (χ3v) is 2.74. The molecule has 0 aromatic carbocycles. The van der Waals surface area contributed by atoms with Gasteiger partial charge in [0.15, 0.2) is 5.69 Å². The first kappa shape index (κ1) is 10.2. The second-order valence-corrected chi connectivity index (χ2v) is 3.80. The highest BCUT2D eigenvalue weighted by Gasteiger charge is 2.26. The van der Waals surface area contributed by atoms with Crippen molar-refractivity contribution in [2.75, 3.05) is 13.7 Å². The van der Waals surface area contributed by atoms with Crippen molar-refractivity contribution in [2.24, 2.45) is 0 Å². The topological polar surface area (TPSA) is 56.1 Å². The molecule has 1 aromatic rings. The fraction of sp³-hybridized carbons (Fsp3) is 0.600. The zero-order valence-corrected chi connectivity index (χ0v) is 9.20. The zero-order chi connectivity index (χ0) is 11.0. The largest absolute Gasteiger partial charge is 0.464 e. The summed E-state index contributed by atoms with van der Waals surface area (Å²) < 4.78 is 6.81. The van der Waals surface area contributed by atoms with E-state index in [2.05, 4.69) is 21.8 Å². The van der Waals surface area contributed by atoms with E-state index in [1.165, 1.54) is 7.11 Å². The molecule has 2 heterocycles. The van der Waals surface area contributed by atoms with Crippen LogP contribution in [-0.2, 0) is 11.3 Å². The number of nitrogens with one attached hydrogen (secondary N) is 1. The van der Waals surface area contributed by atoms with Gasteiger partial charge in [-0.2, -0.15) is 0 Å². The Kier molecular flexibility index (Phi) is 2.48. The molecule has 1 N–H and O–H groups in total. The maximum absolute atomic E-state index is 11.5. The van der Waals surface area contributed by atoms with Crippen LogP contribution in [-0.4, -0.2) is 29.2 Å². The number of hydrogen-bond donors (Lipinski definition) is 1. The SMILES string of the molecule is COC(=O)c1nc(C)n2c1CNC[C@H]2C. The number of rotatable bonds is 1. The van der Waals surface area contributed by atoms with Crippen molar-refractivity contribution in [1.82, 2.24) is 14.9 Å². The number of aromatic nitrogens is 2. The molecule has 0 radical (unpaired) electrons. The van der Waals surface area contributed by atoms with Crippen molar-refractivity contribution in [3.05, 3.63) is 17.2 Å². The number of hydrogen-bond acceptors (Lipinski definition) is 4. The van der Waals surface area contributed by atoms with Crippen LogP contribution < -0.4 is 5.32 Å². The summed E-state index contributed by atoms with van der Waals surface area (Å²) in [6.07, 6.45) is 0. The lowest BCUT2D eigenvalue weighted by molar-refractivity contribution is 0.0592. The lowest BCUT2D eigenvalue weighted by Crippen LogP contribution is -2.32. The highest BCUT2D eigenvalue weighted by Crippen LogP contribution is 2.21. The second kappa shape index (κ2) is 3.66. The first-order valence-corrected chi connectivity index (χ1v) is 5.02. The molecular weight excluding hydrogens is 194 g/mol. The van der Waals surface area contributed by atoms with Gasteiger partial charge in [-0.25, -0.2) is 9.78 Å². The average molecular weight is 209 g/mol. The Labute approximate surface area is 88.4 Å². The van der Waals surface area contributed by atoms with Crippen molar-refractivity contribution < 1.29 is 9.53 Å². The summed E-state index contributed by atoms with van der Waals surface area (Å²) in [5.41, 5.74) is 1.37. The van der Waals surface area contributed by atoms with E-state index in [1.54, 1.807) is 0 Å². The molecule has 0 bridgehead atoms. The Morgan fingerprint density at radius 3 is 3.07 bits per heavy atom. The van der Waals surface area contributed by atoms with Gasteiger partial charge in [0.25, 0.3) is 0 Å². The minimum absolute atomic E-state index is 0.333. The highest BCUT2D eigenvalue weighted by molar-refractivity contribution is 5.88. The van der Waals surface area contributed by atoms with Gasteiger partial charge in [0.2, 0.25) is 0 Å². The normalized spacial score (nSPS) is 19.8. The van der Waals surface area contributed by atoms with Gasteiger partial charge in [-0.05, 0) is 13.8 Å². The molecule has 1 aromatic heterocycles. The van der Waals surface area contributed by atoms with E-state index in [0.29, 0.717) is 18.3 Å². The molecular formula is C10H15N3O2. The standard InChI is InChI=1S/C10H15N3O2/c1-6-4-11-5-8-9(10(14)15-3)12-7(2)13(6)8/h6,11H,4-5H2,1-3H3/t6-/m1/s1. The number of carbonyl (C=O) groups is 1. The number of imidazole rings is 1. The van der Waals surface area contributed by atoms with E-state index < -0.39 is 0 Å². The lowest BCUT2D eigenvalue weighted by atomic mass is 10.2. The number of fused-ring (bicyclic) bond motifs is 1. The number of esters is 1. The number of ether oxygens (including phenoxy) is 1. The molecule has 15 heavy (non-hydrogen) atoms. The van der Waals surface area contributed by atoms with Crippen LogP contribution in [0.5, 0.6) is 0 Å². The summed E-state index contributed by atoms with van der Waals surface area (Å²) in [5.74, 6) is 0.516. The monoisotopic (exact) mass is 209 g/mol. The maximum atomic E-state index is 11.5. The second-order valence-electron chi connectivity index (χ2n) is 3.80. The number of nitrogens with zero attached hydrogens (tertiary/aromatic N) is 2. The predicted octanol–water partition coefficient (Wildman–Crippen LogP) is 0.642. The Bertz CT molecular complexity index is 398.